The summed E-state index contributed by atoms with van der Waals surface area (Å²) in [4.78, 5) is 4.09. The Bertz CT molecular complexity index is 391. The highest BCUT2D eigenvalue weighted by Gasteiger charge is 1.98. The van der Waals surface area contributed by atoms with Gasteiger partial charge in [-0.25, -0.2) is 0 Å². The summed E-state index contributed by atoms with van der Waals surface area (Å²) in [6, 6.07) is 1.86. The first-order chi connectivity index (χ1) is 6.27. The Hall–Kier alpha value is -1.58. The summed E-state index contributed by atoms with van der Waals surface area (Å²) in [6.07, 6.45) is 3.35. The van der Waals surface area contributed by atoms with Crippen molar-refractivity contribution < 1.29 is 0 Å². The zero-order chi connectivity index (χ0) is 9.84. The number of nitrogens with two attached hydrogens (primary N) is 1. The Labute approximate surface area is 77.4 Å². The molecular formula is C9H14N4. The first kappa shape index (κ1) is 9.51. The molecule has 13 heavy (non-hydrogen) atoms. The summed E-state index contributed by atoms with van der Waals surface area (Å²) in [5.41, 5.74) is 8.06. The van der Waals surface area contributed by atoms with Crippen LogP contribution in [-0.2, 0) is 7.05 Å². The van der Waals surface area contributed by atoms with Crippen molar-refractivity contribution in [1.82, 2.24) is 14.8 Å². The molecule has 0 bridgehead atoms. The Morgan fingerprint density at radius 2 is 2.00 bits per heavy atom. The summed E-state index contributed by atoms with van der Waals surface area (Å²) in [7, 11) is 1.86. The van der Waals surface area contributed by atoms with E-state index in [2.05, 4.69) is 10.1 Å². The molecule has 0 aliphatic heterocycles. The van der Waals surface area contributed by atoms with E-state index in [-0.39, 0.29) is 0 Å². The summed E-state index contributed by atoms with van der Waals surface area (Å²) in [5, 5.41) is 4.04. The highest BCUT2D eigenvalue weighted by Crippen LogP contribution is 2.11. The van der Waals surface area contributed by atoms with Crippen LogP contribution in [0.25, 0.3) is 11.0 Å². The molecule has 70 valence electrons. The van der Waals surface area contributed by atoms with Crippen LogP contribution in [0.2, 0.25) is 0 Å². The van der Waals surface area contributed by atoms with Gasteiger partial charge in [0, 0.05) is 7.05 Å². The summed E-state index contributed by atoms with van der Waals surface area (Å²) < 4.78 is 1.75. The smallest absolute Gasteiger partial charge is 0.108 e. The molecule has 2 aromatic heterocycles. The lowest BCUT2D eigenvalue weighted by Gasteiger charge is -1.93. The topological polar surface area (TPSA) is 56.7 Å². The number of aryl methyl sites for hydroxylation is 1. The van der Waals surface area contributed by atoms with Gasteiger partial charge in [0.1, 0.15) is 5.52 Å². The maximum absolute atomic E-state index is 5.55. The van der Waals surface area contributed by atoms with Crippen LogP contribution in [0.15, 0.2) is 18.5 Å². The second kappa shape index (κ2) is 3.89. The van der Waals surface area contributed by atoms with Crippen molar-refractivity contribution in [2.45, 2.75) is 13.8 Å². The molecule has 2 heterocycles. The second-order valence-electron chi connectivity index (χ2n) is 2.44. The molecule has 0 unspecified atom stereocenters. The first-order valence-corrected chi connectivity index (χ1v) is 4.30. The van der Waals surface area contributed by atoms with Gasteiger partial charge in [-0.1, -0.05) is 13.8 Å². The van der Waals surface area contributed by atoms with Crippen molar-refractivity contribution in [2.75, 3.05) is 5.73 Å². The second-order valence-corrected chi connectivity index (χ2v) is 2.44. The fourth-order valence-electron chi connectivity index (χ4n) is 1.04. The lowest BCUT2D eigenvalue weighted by molar-refractivity contribution is 0.797. The molecule has 0 aliphatic rings. The number of pyridine rings is 1. The number of fused-ring (bicyclic) bond motifs is 1. The zero-order valence-electron chi connectivity index (χ0n) is 8.15. The summed E-state index contributed by atoms with van der Waals surface area (Å²) in [5.74, 6) is 0. The molecule has 2 aromatic rings. The average molecular weight is 178 g/mol. The minimum Gasteiger partial charge on any atom is -0.397 e. The number of rotatable bonds is 0. The molecular weight excluding hydrogens is 164 g/mol. The minimum absolute atomic E-state index is 0.668. The van der Waals surface area contributed by atoms with Gasteiger partial charge in [-0.05, 0) is 6.07 Å². The molecule has 0 spiro atoms. The van der Waals surface area contributed by atoms with Gasteiger partial charge in [0.2, 0.25) is 0 Å². The Balaban J connectivity index is 0.000000396. The third kappa shape index (κ3) is 1.77. The molecule has 0 saturated carbocycles. The largest absolute Gasteiger partial charge is 0.397 e. The van der Waals surface area contributed by atoms with Gasteiger partial charge in [0.25, 0.3) is 0 Å². The standard InChI is InChI=1S/C7H8N4.C2H6/c1-11-7-2-5(8)3-9-6(7)4-10-11;1-2/h2-4H,8H2,1H3;1-2H3. The van der Waals surface area contributed by atoms with E-state index in [1.807, 2.05) is 27.0 Å². The lowest BCUT2D eigenvalue weighted by Crippen LogP contribution is -1.91. The van der Waals surface area contributed by atoms with E-state index in [1.165, 1.54) is 0 Å². The van der Waals surface area contributed by atoms with Crippen molar-refractivity contribution in [3.8, 4) is 0 Å². The highest BCUT2D eigenvalue weighted by atomic mass is 15.3. The number of hydrogen-bond acceptors (Lipinski definition) is 3. The van der Waals surface area contributed by atoms with Crippen molar-refractivity contribution >= 4 is 16.7 Å². The molecule has 0 radical (unpaired) electrons. The van der Waals surface area contributed by atoms with Crippen LogP contribution in [-0.4, -0.2) is 14.8 Å². The van der Waals surface area contributed by atoms with E-state index in [0.29, 0.717) is 5.69 Å². The van der Waals surface area contributed by atoms with Crippen molar-refractivity contribution in [3.63, 3.8) is 0 Å². The number of nitrogen functional groups attached to an aromatic ring is 1. The van der Waals surface area contributed by atoms with Gasteiger partial charge in [-0.3, -0.25) is 9.67 Å². The van der Waals surface area contributed by atoms with Crippen LogP contribution in [0.3, 0.4) is 0 Å². The third-order valence-corrected chi connectivity index (χ3v) is 1.62. The van der Waals surface area contributed by atoms with Crippen molar-refractivity contribution in [3.05, 3.63) is 18.5 Å². The van der Waals surface area contributed by atoms with E-state index in [1.54, 1.807) is 17.1 Å². The normalized spacial score (nSPS) is 9.46. The van der Waals surface area contributed by atoms with Crippen LogP contribution in [0.4, 0.5) is 5.69 Å². The van der Waals surface area contributed by atoms with Gasteiger partial charge >= 0.3 is 0 Å². The molecule has 0 atom stereocenters. The van der Waals surface area contributed by atoms with Crippen molar-refractivity contribution in [2.24, 2.45) is 7.05 Å². The predicted molar refractivity (Wildman–Crippen MR) is 54.3 cm³/mol. The SMILES string of the molecule is CC.Cn1ncc2ncc(N)cc21. The van der Waals surface area contributed by atoms with Crippen LogP contribution in [0.1, 0.15) is 13.8 Å². The summed E-state index contributed by atoms with van der Waals surface area (Å²) >= 11 is 0. The van der Waals surface area contributed by atoms with Crippen LogP contribution < -0.4 is 5.73 Å². The highest BCUT2D eigenvalue weighted by molar-refractivity contribution is 5.76. The number of aromatic nitrogens is 3. The maximum atomic E-state index is 5.55. The lowest BCUT2D eigenvalue weighted by atomic mass is 10.3. The first-order valence-electron chi connectivity index (χ1n) is 4.30. The Morgan fingerprint density at radius 3 is 2.69 bits per heavy atom. The quantitative estimate of drug-likeness (QED) is 0.666. The van der Waals surface area contributed by atoms with E-state index < -0.39 is 0 Å². The van der Waals surface area contributed by atoms with Crippen LogP contribution >= 0.6 is 0 Å². The fraction of sp³-hybridized carbons (Fsp3) is 0.333. The van der Waals surface area contributed by atoms with E-state index in [4.69, 9.17) is 5.73 Å². The van der Waals surface area contributed by atoms with E-state index >= 15 is 0 Å². The monoisotopic (exact) mass is 178 g/mol. The van der Waals surface area contributed by atoms with Gasteiger partial charge in [-0.15, -0.1) is 0 Å². The number of nitrogens with zero attached hydrogens (tertiary/aromatic N) is 3. The Morgan fingerprint density at radius 1 is 1.31 bits per heavy atom. The maximum Gasteiger partial charge on any atom is 0.108 e. The van der Waals surface area contributed by atoms with Gasteiger partial charge in [0.05, 0.1) is 23.6 Å². The zero-order valence-corrected chi connectivity index (χ0v) is 8.15. The number of hydrogen-bond donors (Lipinski definition) is 1. The van der Waals surface area contributed by atoms with Gasteiger partial charge in [0.15, 0.2) is 0 Å². The molecule has 0 amide bonds. The molecule has 0 aromatic carbocycles. The van der Waals surface area contributed by atoms with Gasteiger partial charge in [-0.2, -0.15) is 5.10 Å². The molecule has 0 aliphatic carbocycles. The van der Waals surface area contributed by atoms with E-state index in [0.717, 1.165) is 11.0 Å². The number of anilines is 1. The minimum atomic E-state index is 0.668. The Kier molecular flexibility index (Phi) is 2.84. The van der Waals surface area contributed by atoms with Crippen LogP contribution in [0.5, 0.6) is 0 Å². The molecule has 0 fully saturated rings. The molecule has 0 saturated heterocycles. The van der Waals surface area contributed by atoms with Gasteiger partial charge < -0.3 is 5.73 Å². The molecule has 2 rings (SSSR count). The average Bonchev–Trinajstić information content (AvgIpc) is 2.52. The fourth-order valence-corrected chi connectivity index (χ4v) is 1.04. The molecule has 2 N–H and O–H groups in total. The molecule has 4 heteroatoms. The predicted octanol–water partition coefficient (Wildman–Crippen LogP) is 1.58. The van der Waals surface area contributed by atoms with Crippen molar-refractivity contribution in [1.29, 1.82) is 0 Å². The summed E-state index contributed by atoms with van der Waals surface area (Å²) in [6.45, 7) is 4.00. The van der Waals surface area contributed by atoms with Crippen LogP contribution in [0, 0.1) is 0 Å². The third-order valence-electron chi connectivity index (χ3n) is 1.62. The van der Waals surface area contributed by atoms with E-state index in [9.17, 15) is 0 Å². The molecule has 4 nitrogen and oxygen atoms in total.